The van der Waals surface area contributed by atoms with E-state index >= 15 is 0 Å². The van der Waals surface area contributed by atoms with Gasteiger partial charge in [-0.2, -0.15) is 0 Å². The smallest absolute Gasteiger partial charge is 0.251 e. The van der Waals surface area contributed by atoms with Gasteiger partial charge in [0, 0.05) is 24.7 Å². The van der Waals surface area contributed by atoms with Gasteiger partial charge < -0.3 is 9.97 Å². The van der Waals surface area contributed by atoms with Crippen LogP contribution in [-0.2, 0) is 0 Å². The van der Waals surface area contributed by atoms with E-state index in [-0.39, 0.29) is 5.56 Å². The summed E-state index contributed by atoms with van der Waals surface area (Å²) >= 11 is 9.23. The maximum absolute atomic E-state index is 10.3. The first-order valence-electron chi connectivity index (χ1n) is 3.96. The third kappa shape index (κ3) is 4.99. The fraction of sp³-hybridized carbons (Fsp3) is 0. The number of hydrogen-bond acceptors (Lipinski definition) is 4. The summed E-state index contributed by atoms with van der Waals surface area (Å²) in [5.74, 6) is 0. The first-order chi connectivity index (χ1) is 7.18. The summed E-state index contributed by atoms with van der Waals surface area (Å²) in [6.07, 6.45) is 4.90. The molecule has 0 aliphatic carbocycles. The van der Waals surface area contributed by atoms with Crippen molar-refractivity contribution in [2.45, 2.75) is 0 Å². The van der Waals surface area contributed by atoms with Crippen LogP contribution in [0.4, 0.5) is 0 Å². The molecule has 0 aliphatic rings. The fourth-order valence-corrected chi connectivity index (χ4v) is 0.991. The van der Waals surface area contributed by atoms with E-state index in [0.717, 1.165) is 0 Å². The third-order valence-corrected chi connectivity index (χ3v) is 1.71. The van der Waals surface area contributed by atoms with Crippen molar-refractivity contribution in [1.29, 1.82) is 0 Å². The predicted octanol–water partition coefficient (Wildman–Crippen LogP) is 1.57. The molecule has 7 heteroatoms. The molecule has 5 nitrogen and oxygen atoms in total. The average molecular weight is 240 g/mol. The van der Waals surface area contributed by atoms with Crippen LogP contribution in [0.25, 0.3) is 0 Å². The molecule has 2 rings (SSSR count). The van der Waals surface area contributed by atoms with Gasteiger partial charge in [-0.25, -0.2) is 4.98 Å². The second-order valence-electron chi connectivity index (χ2n) is 2.38. The maximum Gasteiger partial charge on any atom is 0.251 e. The quantitative estimate of drug-likeness (QED) is 0.611. The summed E-state index contributed by atoms with van der Waals surface area (Å²) in [6, 6.07) is 3.16. The standard InChI is InChI=1S/C4H4N2OS.C4H4N2S/c7-3-1-2-5-4(8)6-3;7-4-5-2-1-3-6-4/h1-2H,(H2,5,6,7,8);1-3H,(H,5,6,7). The molecule has 3 N–H and O–H groups in total. The van der Waals surface area contributed by atoms with Crippen LogP contribution in [0.3, 0.4) is 0 Å². The first kappa shape index (κ1) is 11.5. The minimum absolute atomic E-state index is 0.172. The monoisotopic (exact) mass is 240 g/mol. The Hall–Kier alpha value is -1.60. The summed E-state index contributed by atoms with van der Waals surface area (Å²) < 4.78 is 0.889. The Balaban J connectivity index is 0.000000151. The van der Waals surface area contributed by atoms with Gasteiger partial charge in [-0.15, -0.1) is 0 Å². The van der Waals surface area contributed by atoms with Crippen molar-refractivity contribution in [1.82, 2.24) is 19.9 Å². The summed E-state index contributed by atoms with van der Waals surface area (Å²) in [4.78, 5) is 21.8. The zero-order valence-corrected chi connectivity index (χ0v) is 9.19. The van der Waals surface area contributed by atoms with Crippen molar-refractivity contribution in [3.05, 3.63) is 50.6 Å². The molecule has 2 aromatic rings. The molecule has 0 amide bonds. The van der Waals surface area contributed by atoms with Gasteiger partial charge in [0.2, 0.25) is 0 Å². The largest absolute Gasteiger partial charge is 0.339 e. The van der Waals surface area contributed by atoms with Crippen LogP contribution in [0.15, 0.2) is 35.5 Å². The van der Waals surface area contributed by atoms with Crippen LogP contribution in [0, 0.1) is 9.54 Å². The van der Waals surface area contributed by atoms with E-state index < -0.39 is 0 Å². The normalized spacial score (nSPS) is 8.80. The molecular weight excluding hydrogens is 232 g/mol. The molecular formula is C8H8N4OS2. The van der Waals surface area contributed by atoms with Crippen molar-refractivity contribution in [2.24, 2.45) is 0 Å². The number of hydrogen-bond donors (Lipinski definition) is 3. The van der Waals surface area contributed by atoms with Crippen molar-refractivity contribution < 1.29 is 0 Å². The minimum atomic E-state index is -0.172. The maximum atomic E-state index is 10.3. The number of nitrogens with one attached hydrogen (secondary N) is 3. The Morgan fingerprint density at radius 3 is 2.33 bits per heavy atom. The van der Waals surface area contributed by atoms with Gasteiger partial charge in [-0.05, 0) is 30.5 Å². The summed E-state index contributed by atoms with van der Waals surface area (Å²) in [5.41, 5.74) is -0.172. The summed E-state index contributed by atoms with van der Waals surface area (Å²) in [7, 11) is 0. The molecule has 0 fully saturated rings. The molecule has 0 saturated carbocycles. The van der Waals surface area contributed by atoms with Crippen LogP contribution < -0.4 is 5.56 Å². The fourth-order valence-electron chi connectivity index (χ4n) is 0.693. The zero-order valence-electron chi connectivity index (χ0n) is 7.56. The predicted molar refractivity (Wildman–Crippen MR) is 61.7 cm³/mol. The van der Waals surface area contributed by atoms with Gasteiger partial charge >= 0.3 is 0 Å². The van der Waals surface area contributed by atoms with Crippen LogP contribution >= 0.6 is 24.4 Å². The SMILES string of the molecule is O=c1cc[nH]c(=S)[nH]1.S=c1nccc[nH]1. The Bertz CT molecular complexity index is 528. The number of rotatable bonds is 0. The van der Waals surface area contributed by atoms with Gasteiger partial charge in [-0.3, -0.25) is 9.78 Å². The van der Waals surface area contributed by atoms with E-state index in [2.05, 4.69) is 44.4 Å². The lowest BCUT2D eigenvalue weighted by Crippen LogP contribution is -2.02. The van der Waals surface area contributed by atoms with E-state index in [9.17, 15) is 4.79 Å². The highest BCUT2D eigenvalue weighted by Crippen LogP contribution is 1.73. The molecule has 0 unspecified atom stereocenters. The zero-order chi connectivity index (χ0) is 11.1. The van der Waals surface area contributed by atoms with Crippen molar-refractivity contribution in [3.63, 3.8) is 0 Å². The lowest BCUT2D eigenvalue weighted by molar-refractivity contribution is 1.09. The molecule has 0 aliphatic heterocycles. The van der Waals surface area contributed by atoms with Crippen LogP contribution in [-0.4, -0.2) is 19.9 Å². The van der Waals surface area contributed by atoms with Crippen molar-refractivity contribution in [2.75, 3.05) is 0 Å². The highest BCUT2D eigenvalue weighted by atomic mass is 32.1. The average Bonchev–Trinajstić information content (AvgIpc) is 2.19. The molecule has 78 valence electrons. The van der Waals surface area contributed by atoms with Crippen molar-refractivity contribution in [3.8, 4) is 0 Å². The molecule has 0 aromatic carbocycles. The molecule has 2 heterocycles. The Morgan fingerprint density at radius 2 is 2.00 bits per heavy atom. The number of aromatic amines is 3. The lowest BCUT2D eigenvalue weighted by Gasteiger charge is -1.78. The Labute approximate surface area is 95.3 Å². The van der Waals surface area contributed by atoms with Gasteiger partial charge in [-0.1, -0.05) is 0 Å². The molecule has 15 heavy (non-hydrogen) atoms. The van der Waals surface area contributed by atoms with E-state index in [0.29, 0.717) is 9.54 Å². The highest BCUT2D eigenvalue weighted by Gasteiger charge is 1.74. The minimum Gasteiger partial charge on any atom is -0.339 e. The number of nitrogens with zero attached hydrogens (tertiary/aromatic N) is 1. The van der Waals surface area contributed by atoms with E-state index in [4.69, 9.17) is 0 Å². The van der Waals surface area contributed by atoms with Gasteiger partial charge in [0.1, 0.15) is 0 Å². The lowest BCUT2D eigenvalue weighted by atomic mass is 10.7. The number of aromatic nitrogens is 4. The van der Waals surface area contributed by atoms with Crippen LogP contribution in [0.2, 0.25) is 0 Å². The molecule has 0 spiro atoms. The number of H-pyrrole nitrogens is 3. The van der Waals surface area contributed by atoms with Gasteiger partial charge in [0.05, 0.1) is 0 Å². The van der Waals surface area contributed by atoms with E-state index in [1.807, 2.05) is 0 Å². The molecule has 2 aromatic heterocycles. The summed E-state index contributed by atoms with van der Waals surface area (Å²) in [5, 5.41) is 0. The van der Waals surface area contributed by atoms with Gasteiger partial charge in [0.15, 0.2) is 9.54 Å². The second-order valence-corrected chi connectivity index (χ2v) is 3.18. The van der Waals surface area contributed by atoms with Crippen molar-refractivity contribution >= 4 is 24.4 Å². The van der Waals surface area contributed by atoms with Crippen LogP contribution in [0.5, 0.6) is 0 Å². The molecule has 0 bridgehead atoms. The summed E-state index contributed by atoms with van der Waals surface area (Å²) in [6.45, 7) is 0. The second kappa shape index (κ2) is 5.99. The molecule has 0 radical (unpaired) electrons. The van der Waals surface area contributed by atoms with Gasteiger partial charge in [0.25, 0.3) is 5.56 Å². The van der Waals surface area contributed by atoms with E-state index in [1.54, 1.807) is 18.5 Å². The molecule has 0 saturated heterocycles. The first-order valence-corrected chi connectivity index (χ1v) is 4.78. The highest BCUT2D eigenvalue weighted by molar-refractivity contribution is 7.71. The topological polar surface area (TPSA) is 77.3 Å². The van der Waals surface area contributed by atoms with Crippen LogP contribution in [0.1, 0.15) is 0 Å². The Morgan fingerprint density at radius 1 is 1.20 bits per heavy atom. The molecule has 0 atom stereocenters. The Kier molecular flexibility index (Phi) is 4.58. The third-order valence-electron chi connectivity index (χ3n) is 1.27. The van der Waals surface area contributed by atoms with E-state index in [1.165, 1.54) is 12.3 Å².